The number of halogens is 1. The number of carbonyl (C=O) groups excluding carboxylic acids is 2. The van der Waals surface area contributed by atoms with Crippen molar-refractivity contribution in [2.24, 2.45) is 0 Å². The van der Waals surface area contributed by atoms with Gasteiger partial charge in [-0.05, 0) is 37.3 Å². The predicted molar refractivity (Wildman–Crippen MR) is 87.1 cm³/mol. The van der Waals surface area contributed by atoms with Crippen LogP contribution < -0.4 is 9.47 Å². The lowest BCUT2D eigenvalue weighted by Crippen LogP contribution is -2.12. The number of hydrogen-bond donors (Lipinski definition) is 0. The normalized spacial score (nSPS) is 11.6. The molecule has 0 heterocycles. The fourth-order valence-corrected chi connectivity index (χ4v) is 2.13. The highest BCUT2D eigenvalue weighted by Gasteiger charge is 2.17. The van der Waals surface area contributed by atoms with Crippen LogP contribution in [0.1, 0.15) is 27.6 Å². The van der Waals surface area contributed by atoms with Gasteiger partial charge in [-0.15, -0.1) is 0 Å². The number of ketones is 1. The third kappa shape index (κ3) is 3.74. The fourth-order valence-electron chi connectivity index (χ4n) is 1.87. The van der Waals surface area contributed by atoms with Crippen LogP contribution in [0.3, 0.4) is 0 Å². The first kappa shape index (κ1) is 16.2. The number of ether oxygens (including phenoxy) is 2. The van der Waals surface area contributed by atoms with Gasteiger partial charge < -0.3 is 9.47 Å². The Kier molecular flexibility index (Phi) is 5.33. The summed E-state index contributed by atoms with van der Waals surface area (Å²) in [5.74, 6) is 0.0597. The molecule has 0 aliphatic rings. The van der Waals surface area contributed by atoms with Gasteiger partial charge in [0.25, 0.3) is 0 Å². The van der Waals surface area contributed by atoms with E-state index in [-0.39, 0.29) is 16.4 Å². The molecule has 0 bridgehead atoms. The van der Waals surface area contributed by atoms with Crippen molar-refractivity contribution >= 4 is 27.7 Å². The molecule has 2 rings (SSSR count). The Morgan fingerprint density at radius 1 is 1.00 bits per heavy atom. The van der Waals surface area contributed by atoms with Crippen LogP contribution in [0.2, 0.25) is 0 Å². The zero-order valence-electron chi connectivity index (χ0n) is 12.2. The average Bonchev–Trinajstić information content (AvgIpc) is 2.55. The Bertz CT molecular complexity index is 680. The summed E-state index contributed by atoms with van der Waals surface area (Å²) in [7, 11) is 1.46. The van der Waals surface area contributed by atoms with Crippen molar-refractivity contribution in [2.75, 3.05) is 7.11 Å². The molecule has 0 aliphatic carbocycles. The lowest BCUT2D eigenvalue weighted by Gasteiger charge is -2.11. The van der Waals surface area contributed by atoms with Gasteiger partial charge in [0.2, 0.25) is 0 Å². The minimum absolute atomic E-state index is 0.0702. The predicted octanol–water partition coefficient (Wildman–Crippen LogP) is 3.88. The molecule has 22 heavy (non-hydrogen) atoms. The molecule has 1 atom stereocenters. The van der Waals surface area contributed by atoms with E-state index in [1.807, 2.05) is 6.07 Å². The summed E-state index contributed by atoms with van der Waals surface area (Å²) in [5, 5.41) is 0. The van der Waals surface area contributed by atoms with Crippen molar-refractivity contribution in [3.63, 3.8) is 0 Å². The second-order valence-electron chi connectivity index (χ2n) is 4.60. The van der Waals surface area contributed by atoms with Crippen LogP contribution in [0.4, 0.5) is 0 Å². The first-order chi connectivity index (χ1) is 10.5. The first-order valence-electron chi connectivity index (χ1n) is 6.66. The molecule has 0 radical (unpaired) electrons. The summed E-state index contributed by atoms with van der Waals surface area (Å²) in [4.78, 5) is 23.7. The van der Waals surface area contributed by atoms with Gasteiger partial charge in [0.05, 0.1) is 17.5 Å². The van der Waals surface area contributed by atoms with Gasteiger partial charge in [-0.2, -0.15) is 0 Å². The van der Waals surface area contributed by atoms with E-state index in [0.717, 1.165) is 0 Å². The lowest BCUT2D eigenvalue weighted by molar-refractivity contribution is 0.0729. The number of methoxy groups -OCH3 is 1. The fraction of sp³-hybridized carbons (Fsp3) is 0.176. The van der Waals surface area contributed by atoms with Crippen LogP contribution in [0.15, 0.2) is 48.5 Å². The van der Waals surface area contributed by atoms with Crippen molar-refractivity contribution in [2.45, 2.75) is 11.8 Å². The van der Waals surface area contributed by atoms with Gasteiger partial charge in [-0.25, -0.2) is 4.79 Å². The molecule has 114 valence electrons. The Morgan fingerprint density at radius 2 is 1.68 bits per heavy atom. The van der Waals surface area contributed by atoms with E-state index in [4.69, 9.17) is 9.47 Å². The largest absolute Gasteiger partial charge is 0.493 e. The number of hydrogen-bond acceptors (Lipinski definition) is 4. The maximum atomic E-state index is 12.1. The molecule has 0 amide bonds. The third-order valence-corrected chi connectivity index (χ3v) is 3.44. The van der Waals surface area contributed by atoms with Crippen LogP contribution in [0.5, 0.6) is 11.5 Å². The maximum Gasteiger partial charge on any atom is 0.343 e. The molecule has 2 aromatic rings. The number of carbonyl (C=O) groups is 2. The zero-order chi connectivity index (χ0) is 16.1. The van der Waals surface area contributed by atoms with Crippen LogP contribution in [0.25, 0.3) is 0 Å². The molecule has 0 saturated heterocycles. The van der Waals surface area contributed by atoms with E-state index in [1.54, 1.807) is 49.4 Å². The third-order valence-electron chi connectivity index (χ3n) is 3.02. The average molecular weight is 363 g/mol. The molecule has 0 fully saturated rings. The highest BCUT2D eigenvalue weighted by atomic mass is 79.9. The van der Waals surface area contributed by atoms with E-state index in [1.165, 1.54) is 7.11 Å². The molecule has 5 heteroatoms. The van der Waals surface area contributed by atoms with Crippen LogP contribution >= 0.6 is 15.9 Å². The summed E-state index contributed by atoms with van der Waals surface area (Å²) in [6, 6.07) is 13.4. The van der Waals surface area contributed by atoms with E-state index in [2.05, 4.69) is 15.9 Å². The number of Topliss-reactive ketones (excluding diaryl/α,β-unsaturated/α-hetero) is 1. The van der Waals surface area contributed by atoms with Crippen molar-refractivity contribution in [3.05, 3.63) is 59.7 Å². The van der Waals surface area contributed by atoms with Gasteiger partial charge in [0, 0.05) is 5.56 Å². The molecular formula is C17H15BrO4. The Hall–Kier alpha value is -2.14. The van der Waals surface area contributed by atoms with Gasteiger partial charge >= 0.3 is 5.97 Å². The van der Waals surface area contributed by atoms with Gasteiger partial charge in [-0.1, -0.05) is 34.1 Å². The standard InChI is InChI=1S/C17H15BrO4/c1-11(18)16(19)13-8-9-14(15(10-13)21-2)22-17(20)12-6-4-3-5-7-12/h3-11H,1-2H3/t11-/m0/s1. The Balaban J connectivity index is 2.25. The van der Waals surface area contributed by atoms with Gasteiger partial charge in [0.1, 0.15) is 0 Å². The van der Waals surface area contributed by atoms with Crippen LogP contribution in [0, 0.1) is 0 Å². The summed E-state index contributed by atoms with van der Waals surface area (Å²) in [6.07, 6.45) is 0. The molecule has 0 spiro atoms. The molecule has 0 saturated carbocycles. The molecule has 0 unspecified atom stereocenters. The Labute approximate surface area is 137 Å². The van der Waals surface area contributed by atoms with E-state index in [0.29, 0.717) is 16.9 Å². The highest BCUT2D eigenvalue weighted by molar-refractivity contribution is 9.10. The highest BCUT2D eigenvalue weighted by Crippen LogP contribution is 2.29. The number of alkyl halides is 1. The monoisotopic (exact) mass is 362 g/mol. The maximum absolute atomic E-state index is 12.1. The van der Waals surface area contributed by atoms with Crippen molar-refractivity contribution in [1.29, 1.82) is 0 Å². The van der Waals surface area contributed by atoms with E-state index >= 15 is 0 Å². The molecule has 0 aromatic heterocycles. The van der Waals surface area contributed by atoms with Crippen molar-refractivity contribution in [3.8, 4) is 11.5 Å². The Morgan fingerprint density at radius 3 is 2.27 bits per heavy atom. The lowest BCUT2D eigenvalue weighted by atomic mass is 10.1. The molecular weight excluding hydrogens is 348 g/mol. The number of benzene rings is 2. The SMILES string of the molecule is COc1cc(C(=O)[C@H](C)Br)ccc1OC(=O)c1ccccc1. The van der Waals surface area contributed by atoms with Gasteiger partial charge in [0.15, 0.2) is 17.3 Å². The zero-order valence-corrected chi connectivity index (χ0v) is 13.8. The van der Waals surface area contributed by atoms with Crippen molar-refractivity contribution < 1.29 is 19.1 Å². The van der Waals surface area contributed by atoms with Crippen LogP contribution in [-0.2, 0) is 0 Å². The first-order valence-corrected chi connectivity index (χ1v) is 7.58. The number of rotatable bonds is 5. The van der Waals surface area contributed by atoms with Crippen molar-refractivity contribution in [1.82, 2.24) is 0 Å². The summed E-state index contributed by atoms with van der Waals surface area (Å²) in [6.45, 7) is 1.75. The summed E-state index contributed by atoms with van der Waals surface area (Å²) >= 11 is 3.24. The molecule has 0 N–H and O–H groups in total. The summed E-state index contributed by atoms with van der Waals surface area (Å²) < 4.78 is 10.5. The molecule has 2 aromatic carbocycles. The summed E-state index contributed by atoms with van der Waals surface area (Å²) in [5.41, 5.74) is 0.930. The molecule has 4 nitrogen and oxygen atoms in total. The smallest absolute Gasteiger partial charge is 0.343 e. The van der Waals surface area contributed by atoms with E-state index in [9.17, 15) is 9.59 Å². The second-order valence-corrected chi connectivity index (χ2v) is 5.97. The minimum atomic E-state index is -0.480. The van der Waals surface area contributed by atoms with Crippen LogP contribution in [-0.4, -0.2) is 23.7 Å². The second kappa shape index (κ2) is 7.22. The topological polar surface area (TPSA) is 52.6 Å². The quantitative estimate of drug-likeness (QED) is 0.350. The van der Waals surface area contributed by atoms with Gasteiger partial charge in [-0.3, -0.25) is 4.79 Å². The number of esters is 1. The minimum Gasteiger partial charge on any atom is -0.493 e. The molecule has 0 aliphatic heterocycles. The van der Waals surface area contributed by atoms with E-state index < -0.39 is 5.97 Å².